The number of hydrogen-bond donors (Lipinski definition) is 1. The van der Waals surface area contributed by atoms with E-state index in [0.29, 0.717) is 18.5 Å². The van der Waals surface area contributed by atoms with Gasteiger partial charge in [-0.2, -0.15) is 28.4 Å². The van der Waals surface area contributed by atoms with Crippen LogP contribution in [0, 0.1) is 0 Å². The molecule has 12 heteroatoms. The Labute approximate surface area is 146 Å². The van der Waals surface area contributed by atoms with Gasteiger partial charge in [-0.1, -0.05) is 0 Å². The van der Waals surface area contributed by atoms with E-state index in [9.17, 15) is 31.9 Å². The van der Waals surface area contributed by atoms with Crippen molar-refractivity contribution in [3.8, 4) is 0 Å². The maximum Gasteiger partial charge on any atom is 0.438 e. The van der Waals surface area contributed by atoms with Crippen molar-refractivity contribution < 1.29 is 31.9 Å². The van der Waals surface area contributed by atoms with Crippen molar-refractivity contribution in [3.63, 3.8) is 0 Å². The molecule has 1 aromatic rings. The van der Waals surface area contributed by atoms with E-state index in [-0.39, 0.29) is 15.4 Å². The first kappa shape index (κ1) is 18.2. The Kier molecular flexibility index (Phi) is 4.38. The SMILES string of the molecule is O=C(Cn1nc(C(F)F)c(Br)c1C1CC1)N1N=CC[C@@]1(O)C(F)(F)F. The number of carbonyl (C=O) groups is 1. The van der Waals surface area contributed by atoms with Crippen LogP contribution in [-0.4, -0.2) is 43.9 Å². The van der Waals surface area contributed by atoms with E-state index >= 15 is 0 Å². The Balaban J connectivity index is 1.89. The molecule has 1 aliphatic carbocycles. The fourth-order valence-electron chi connectivity index (χ4n) is 2.61. The fourth-order valence-corrected chi connectivity index (χ4v) is 3.39. The van der Waals surface area contributed by atoms with Gasteiger partial charge < -0.3 is 5.11 Å². The summed E-state index contributed by atoms with van der Waals surface area (Å²) >= 11 is 3.02. The molecular weight excluding hydrogens is 419 g/mol. The summed E-state index contributed by atoms with van der Waals surface area (Å²) in [6.07, 6.45) is -6.73. The molecule has 0 spiro atoms. The topological polar surface area (TPSA) is 70.7 Å². The highest BCUT2D eigenvalue weighted by Gasteiger charge is 2.61. The summed E-state index contributed by atoms with van der Waals surface area (Å²) in [6.45, 7) is -0.743. The zero-order valence-corrected chi connectivity index (χ0v) is 14.1. The normalized spacial score (nSPS) is 23.8. The van der Waals surface area contributed by atoms with Gasteiger partial charge in [0.15, 0.2) is 0 Å². The van der Waals surface area contributed by atoms with E-state index in [0.717, 1.165) is 10.9 Å². The third-order valence-electron chi connectivity index (χ3n) is 4.03. The number of hydrazone groups is 1. The first-order valence-electron chi connectivity index (χ1n) is 7.25. The number of hydrogen-bond acceptors (Lipinski definition) is 4. The monoisotopic (exact) mass is 430 g/mol. The fraction of sp³-hybridized carbons (Fsp3) is 0.615. The molecule has 1 aromatic heterocycles. The molecule has 1 atom stereocenters. The van der Waals surface area contributed by atoms with Crippen molar-refractivity contribution >= 4 is 28.1 Å². The zero-order chi connectivity index (χ0) is 18.6. The highest BCUT2D eigenvalue weighted by atomic mass is 79.9. The average Bonchev–Trinajstić information content (AvgIpc) is 3.15. The summed E-state index contributed by atoms with van der Waals surface area (Å²) in [5.74, 6) is -1.29. The van der Waals surface area contributed by atoms with Gasteiger partial charge in [0.05, 0.1) is 10.2 Å². The van der Waals surface area contributed by atoms with Crippen LogP contribution in [0.25, 0.3) is 0 Å². The van der Waals surface area contributed by atoms with Gasteiger partial charge in [-0.15, -0.1) is 0 Å². The number of carbonyl (C=O) groups excluding carboxylic acids is 1. The van der Waals surface area contributed by atoms with Crippen LogP contribution in [0.3, 0.4) is 0 Å². The second-order valence-corrected chi connectivity index (χ2v) is 6.63. The van der Waals surface area contributed by atoms with E-state index in [1.54, 1.807) is 0 Å². The first-order chi connectivity index (χ1) is 11.6. The summed E-state index contributed by atoms with van der Waals surface area (Å²) in [7, 11) is 0. The molecule has 0 bridgehead atoms. The maximum absolute atomic E-state index is 13.0. The molecule has 1 fully saturated rings. The average molecular weight is 431 g/mol. The summed E-state index contributed by atoms with van der Waals surface area (Å²) in [4.78, 5) is 12.3. The van der Waals surface area contributed by atoms with Crippen molar-refractivity contribution in [1.29, 1.82) is 0 Å². The lowest BCUT2D eigenvalue weighted by Gasteiger charge is -2.32. The molecule has 6 nitrogen and oxygen atoms in total. The summed E-state index contributed by atoms with van der Waals surface area (Å²) in [6, 6.07) is 0. The minimum Gasteiger partial charge on any atom is -0.362 e. The van der Waals surface area contributed by atoms with E-state index in [1.165, 1.54) is 0 Å². The molecule has 1 N–H and O–H groups in total. The van der Waals surface area contributed by atoms with E-state index < -0.39 is 42.9 Å². The molecule has 1 amide bonds. The molecular formula is C13H12BrF5N4O2. The number of aromatic nitrogens is 2. The molecule has 0 saturated heterocycles. The Bertz CT molecular complexity index is 731. The number of rotatable bonds is 4. The van der Waals surface area contributed by atoms with Gasteiger partial charge in [0.2, 0.25) is 0 Å². The van der Waals surface area contributed by atoms with Crippen LogP contribution in [0.5, 0.6) is 0 Å². The lowest BCUT2D eigenvalue weighted by molar-refractivity contribution is -0.302. The van der Waals surface area contributed by atoms with Crippen LogP contribution in [0.15, 0.2) is 9.57 Å². The predicted octanol–water partition coefficient (Wildman–Crippen LogP) is 2.93. The van der Waals surface area contributed by atoms with Gasteiger partial charge >= 0.3 is 6.18 Å². The van der Waals surface area contributed by atoms with E-state index in [4.69, 9.17) is 0 Å². The molecule has 0 aromatic carbocycles. The summed E-state index contributed by atoms with van der Waals surface area (Å²) in [5, 5.41) is 16.6. The highest BCUT2D eigenvalue weighted by Crippen LogP contribution is 2.46. The van der Waals surface area contributed by atoms with Crippen LogP contribution in [0.2, 0.25) is 0 Å². The van der Waals surface area contributed by atoms with Crippen LogP contribution < -0.4 is 0 Å². The summed E-state index contributed by atoms with van der Waals surface area (Å²) in [5.41, 5.74) is -3.69. The van der Waals surface area contributed by atoms with Crippen molar-refractivity contribution in [2.24, 2.45) is 5.10 Å². The van der Waals surface area contributed by atoms with E-state index in [1.807, 2.05) is 0 Å². The van der Waals surface area contributed by atoms with Crippen molar-refractivity contribution in [2.75, 3.05) is 0 Å². The van der Waals surface area contributed by atoms with Gasteiger partial charge in [0.1, 0.15) is 12.2 Å². The zero-order valence-electron chi connectivity index (χ0n) is 12.5. The molecule has 138 valence electrons. The number of halogens is 6. The lowest BCUT2D eigenvalue weighted by atomic mass is 10.1. The van der Waals surface area contributed by atoms with Gasteiger partial charge in [0, 0.05) is 18.6 Å². The quantitative estimate of drug-likeness (QED) is 0.746. The van der Waals surface area contributed by atoms with Crippen LogP contribution in [-0.2, 0) is 11.3 Å². The van der Waals surface area contributed by atoms with E-state index in [2.05, 4.69) is 26.1 Å². The van der Waals surface area contributed by atoms with Gasteiger partial charge in [-0.3, -0.25) is 9.48 Å². The molecule has 2 aliphatic rings. The third kappa shape index (κ3) is 3.05. The number of aliphatic hydroxyl groups is 1. The second-order valence-electron chi connectivity index (χ2n) is 5.84. The van der Waals surface area contributed by atoms with Crippen molar-refractivity contribution in [1.82, 2.24) is 14.8 Å². The Morgan fingerprint density at radius 3 is 2.60 bits per heavy atom. The standard InChI is InChI=1S/C13H12BrF5N4O2/c14-8-9(11(15)16)21-22(10(8)6-1-2-6)5-7(24)23-12(25,3-4-20-23)13(17,18)19/h4,6,11,25H,1-3,5H2/t12-/m1/s1. The first-order valence-corrected chi connectivity index (χ1v) is 8.04. The largest absolute Gasteiger partial charge is 0.438 e. The lowest BCUT2D eigenvalue weighted by Crippen LogP contribution is -2.57. The van der Waals surface area contributed by atoms with Gasteiger partial charge in [0.25, 0.3) is 18.1 Å². The Morgan fingerprint density at radius 2 is 2.08 bits per heavy atom. The minimum absolute atomic E-state index is 0.0498. The van der Waals surface area contributed by atoms with Crippen molar-refractivity contribution in [2.45, 2.75) is 50.1 Å². The Hall–Kier alpha value is -1.56. The Morgan fingerprint density at radius 1 is 1.44 bits per heavy atom. The van der Waals surface area contributed by atoms with Gasteiger partial charge in [-0.25, -0.2) is 8.78 Å². The molecule has 25 heavy (non-hydrogen) atoms. The number of nitrogens with zero attached hydrogens (tertiary/aromatic N) is 4. The third-order valence-corrected chi connectivity index (χ3v) is 4.84. The van der Waals surface area contributed by atoms with Crippen LogP contribution >= 0.6 is 15.9 Å². The molecule has 1 aliphatic heterocycles. The van der Waals surface area contributed by atoms with Crippen molar-refractivity contribution in [3.05, 3.63) is 15.9 Å². The molecule has 0 radical (unpaired) electrons. The molecule has 2 heterocycles. The molecule has 1 saturated carbocycles. The maximum atomic E-state index is 13.0. The second kappa shape index (κ2) is 6.01. The van der Waals surface area contributed by atoms with Crippen LogP contribution in [0.1, 0.15) is 43.0 Å². The number of alkyl halides is 5. The molecule has 3 rings (SSSR count). The molecule has 0 unspecified atom stereocenters. The van der Waals surface area contributed by atoms with Crippen LogP contribution in [0.4, 0.5) is 22.0 Å². The number of amides is 1. The minimum atomic E-state index is -5.11. The highest BCUT2D eigenvalue weighted by molar-refractivity contribution is 9.10. The van der Waals surface area contributed by atoms with Gasteiger partial charge in [-0.05, 0) is 28.8 Å². The predicted molar refractivity (Wildman–Crippen MR) is 77.8 cm³/mol. The summed E-state index contributed by atoms with van der Waals surface area (Å²) < 4.78 is 66.1. The smallest absolute Gasteiger partial charge is 0.362 e.